The first kappa shape index (κ1) is 16.2. The second-order valence-corrected chi connectivity index (χ2v) is 6.89. The first-order chi connectivity index (χ1) is 12.1. The number of hydrogen-bond acceptors (Lipinski definition) is 0. The monoisotopic (exact) mass is 367 g/mol. The molecule has 0 radical (unpaired) electrons. The lowest BCUT2D eigenvalue weighted by Crippen LogP contribution is -2.32. The van der Waals surface area contributed by atoms with Crippen molar-refractivity contribution in [2.24, 2.45) is 0 Å². The maximum absolute atomic E-state index is 6.44. The van der Waals surface area contributed by atoms with Crippen LogP contribution in [0.3, 0.4) is 0 Å². The van der Waals surface area contributed by atoms with Crippen LogP contribution in [0, 0.1) is 6.92 Å². The third kappa shape index (κ3) is 2.92. The first-order valence-electron chi connectivity index (χ1n) is 8.14. The Hall–Kier alpha value is -2.29. The Kier molecular flexibility index (Phi) is 4.24. The molecule has 0 bridgehead atoms. The second-order valence-electron chi connectivity index (χ2n) is 6.15. The fourth-order valence-electron chi connectivity index (χ4n) is 3.39. The molecule has 4 rings (SSSR count). The van der Waals surface area contributed by atoms with E-state index in [1.54, 1.807) is 0 Å². The fourth-order valence-corrected chi connectivity index (χ4v) is 3.71. The number of aromatic amines is 1. The van der Waals surface area contributed by atoms with Crippen LogP contribution >= 0.6 is 23.2 Å². The van der Waals surface area contributed by atoms with Crippen LogP contribution in [0.2, 0.25) is 10.3 Å². The van der Waals surface area contributed by atoms with Crippen LogP contribution in [0.15, 0.2) is 67.0 Å². The largest absolute Gasteiger partial charge is 0.260 e. The highest BCUT2D eigenvalue weighted by molar-refractivity contribution is 6.39. The first-order valence-corrected chi connectivity index (χ1v) is 8.90. The quantitative estimate of drug-likeness (QED) is 0.451. The van der Waals surface area contributed by atoms with Crippen molar-refractivity contribution in [2.75, 3.05) is 0 Å². The molecule has 0 unspecified atom stereocenters. The zero-order chi connectivity index (χ0) is 17.4. The molecule has 25 heavy (non-hydrogen) atoms. The van der Waals surface area contributed by atoms with Crippen LogP contribution in [-0.2, 0) is 6.42 Å². The summed E-state index contributed by atoms with van der Waals surface area (Å²) >= 11 is 12.6. The van der Waals surface area contributed by atoms with Gasteiger partial charge < -0.3 is 0 Å². The molecule has 4 heteroatoms. The number of fused-ring (bicyclic) bond motifs is 1. The molecule has 0 saturated heterocycles. The summed E-state index contributed by atoms with van der Waals surface area (Å²) in [5, 5.41) is 3.40. The molecular weight excluding hydrogens is 351 g/mol. The third-order valence-corrected chi connectivity index (χ3v) is 5.25. The molecule has 0 fully saturated rings. The summed E-state index contributed by atoms with van der Waals surface area (Å²) in [6.07, 6.45) is 2.64. The summed E-state index contributed by atoms with van der Waals surface area (Å²) in [7, 11) is 0. The van der Waals surface area contributed by atoms with Crippen LogP contribution in [0.25, 0.3) is 16.5 Å². The normalized spacial score (nSPS) is 11.2. The van der Waals surface area contributed by atoms with Crippen molar-refractivity contribution < 1.29 is 4.57 Å². The minimum Gasteiger partial charge on any atom is -0.232 e. The standard InChI is InChI=1S/C21H16Cl2N2/c1-14-11-16-9-5-6-10-17(16)18(12-15-7-3-2-4-8-15)19(14)25-13-24-20(22)21(25)23/h2-11,13H,12H2,1H3/p+1. The molecule has 1 heterocycles. The van der Waals surface area contributed by atoms with E-state index in [-0.39, 0.29) is 0 Å². The summed E-state index contributed by atoms with van der Waals surface area (Å²) in [5.74, 6) is 0. The Balaban J connectivity index is 2.02. The summed E-state index contributed by atoms with van der Waals surface area (Å²) in [4.78, 5) is 3.00. The average Bonchev–Trinajstić information content (AvgIpc) is 2.95. The van der Waals surface area contributed by atoms with Gasteiger partial charge >= 0.3 is 0 Å². The Bertz CT molecular complexity index is 1050. The van der Waals surface area contributed by atoms with Crippen LogP contribution in [0.4, 0.5) is 0 Å². The van der Waals surface area contributed by atoms with Crippen molar-refractivity contribution in [2.45, 2.75) is 13.3 Å². The van der Waals surface area contributed by atoms with Crippen molar-refractivity contribution in [3.05, 3.63) is 94.0 Å². The summed E-state index contributed by atoms with van der Waals surface area (Å²) in [6.45, 7) is 2.11. The zero-order valence-corrected chi connectivity index (χ0v) is 15.3. The molecule has 3 aromatic carbocycles. The second kappa shape index (κ2) is 6.55. The van der Waals surface area contributed by atoms with Gasteiger partial charge in [0.2, 0.25) is 6.33 Å². The Morgan fingerprint density at radius 1 is 0.960 bits per heavy atom. The van der Waals surface area contributed by atoms with E-state index in [0.29, 0.717) is 10.3 Å². The molecule has 0 amide bonds. The van der Waals surface area contributed by atoms with Crippen LogP contribution in [0.5, 0.6) is 0 Å². The topological polar surface area (TPSA) is 19.7 Å². The smallest absolute Gasteiger partial charge is 0.232 e. The molecule has 0 aliphatic heterocycles. The molecular formula is C21H17Cl2N2+. The lowest BCUT2D eigenvalue weighted by Gasteiger charge is -2.14. The Labute approximate surface area is 156 Å². The van der Waals surface area contributed by atoms with Crippen molar-refractivity contribution in [1.29, 1.82) is 0 Å². The predicted molar refractivity (Wildman–Crippen MR) is 104 cm³/mol. The summed E-state index contributed by atoms with van der Waals surface area (Å²) < 4.78 is 1.93. The van der Waals surface area contributed by atoms with E-state index in [2.05, 4.69) is 66.5 Å². The van der Waals surface area contributed by atoms with E-state index in [0.717, 1.165) is 17.7 Å². The van der Waals surface area contributed by atoms with Crippen molar-refractivity contribution in [3.8, 4) is 5.69 Å². The van der Waals surface area contributed by atoms with Crippen LogP contribution in [-0.4, -0.2) is 4.98 Å². The Morgan fingerprint density at radius 2 is 1.68 bits per heavy atom. The lowest BCUT2D eigenvalue weighted by atomic mass is 9.94. The lowest BCUT2D eigenvalue weighted by molar-refractivity contribution is -0.592. The zero-order valence-electron chi connectivity index (χ0n) is 13.8. The number of benzene rings is 3. The number of hydrogen-bond donors (Lipinski definition) is 1. The Morgan fingerprint density at radius 3 is 2.40 bits per heavy atom. The minimum absolute atomic E-state index is 0.444. The van der Waals surface area contributed by atoms with Gasteiger partial charge in [0, 0.05) is 12.0 Å². The molecule has 0 spiro atoms. The van der Waals surface area contributed by atoms with Gasteiger partial charge in [0.1, 0.15) is 5.69 Å². The molecule has 4 aromatic rings. The SMILES string of the molecule is Cc1cc2ccccc2c(Cc2ccccc2)c1-[n+]1c[nH]c(Cl)c1Cl. The van der Waals surface area contributed by atoms with E-state index in [4.69, 9.17) is 23.2 Å². The molecule has 0 saturated carbocycles. The van der Waals surface area contributed by atoms with Gasteiger partial charge in [0.15, 0.2) is 0 Å². The third-order valence-electron chi connectivity index (χ3n) is 4.49. The van der Waals surface area contributed by atoms with Gasteiger partial charge in [0.25, 0.3) is 10.3 Å². The number of imidazole rings is 1. The summed E-state index contributed by atoms with van der Waals surface area (Å²) in [5.41, 5.74) is 4.74. The van der Waals surface area contributed by atoms with E-state index < -0.39 is 0 Å². The number of nitrogens with one attached hydrogen (secondary N) is 1. The maximum atomic E-state index is 6.44. The van der Waals surface area contributed by atoms with Gasteiger partial charge in [-0.3, -0.25) is 0 Å². The fraction of sp³-hybridized carbons (Fsp3) is 0.0952. The highest BCUT2D eigenvalue weighted by atomic mass is 35.5. The molecule has 2 nitrogen and oxygen atoms in total. The molecule has 124 valence electrons. The van der Waals surface area contributed by atoms with Gasteiger partial charge in [-0.1, -0.05) is 54.6 Å². The highest BCUT2D eigenvalue weighted by Crippen LogP contribution is 2.30. The van der Waals surface area contributed by atoms with E-state index in [9.17, 15) is 0 Å². The van der Waals surface area contributed by atoms with Crippen molar-refractivity contribution >= 4 is 34.0 Å². The molecule has 1 N–H and O–H groups in total. The van der Waals surface area contributed by atoms with Gasteiger partial charge in [-0.05, 0) is 58.1 Å². The van der Waals surface area contributed by atoms with Gasteiger partial charge in [-0.2, -0.15) is 4.57 Å². The van der Waals surface area contributed by atoms with E-state index in [1.165, 1.54) is 21.9 Å². The number of aromatic nitrogens is 2. The van der Waals surface area contributed by atoms with E-state index >= 15 is 0 Å². The number of aryl methyl sites for hydroxylation is 1. The van der Waals surface area contributed by atoms with Crippen molar-refractivity contribution in [3.63, 3.8) is 0 Å². The molecule has 1 aromatic heterocycles. The van der Waals surface area contributed by atoms with E-state index in [1.807, 2.05) is 17.0 Å². The highest BCUT2D eigenvalue weighted by Gasteiger charge is 2.22. The number of H-pyrrole nitrogens is 1. The van der Waals surface area contributed by atoms with Gasteiger partial charge in [-0.25, -0.2) is 4.98 Å². The average molecular weight is 368 g/mol. The maximum Gasteiger partial charge on any atom is 0.260 e. The number of halogens is 2. The van der Waals surface area contributed by atoms with Gasteiger partial charge in [-0.15, -0.1) is 0 Å². The number of nitrogens with zero attached hydrogens (tertiary/aromatic N) is 1. The predicted octanol–water partition coefficient (Wildman–Crippen LogP) is 5.65. The van der Waals surface area contributed by atoms with Crippen LogP contribution < -0.4 is 4.57 Å². The molecule has 0 atom stereocenters. The van der Waals surface area contributed by atoms with Crippen molar-refractivity contribution in [1.82, 2.24) is 4.98 Å². The summed E-state index contributed by atoms with van der Waals surface area (Å²) in [6, 6.07) is 21.1. The number of rotatable bonds is 3. The minimum atomic E-state index is 0.444. The molecule has 0 aliphatic carbocycles. The molecule has 0 aliphatic rings. The van der Waals surface area contributed by atoms with Gasteiger partial charge in [0.05, 0.1) is 0 Å². The van der Waals surface area contributed by atoms with Crippen LogP contribution in [0.1, 0.15) is 16.7 Å².